The summed E-state index contributed by atoms with van der Waals surface area (Å²) in [5.74, 6) is 0.338. The molecular weight excluding hydrogens is 385 g/mol. The first-order chi connectivity index (χ1) is 14.0. The molecule has 0 bridgehead atoms. The van der Waals surface area contributed by atoms with Gasteiger partial charge in [0, 0.05) is 12.4 Å². The Kier molecular flexibility index (Phi) is 5.13. The second kappa shape index (κ2) is 7.88. The minimum atomic E-state index is -4.72. The first-order valence-electron chi connectivity index (χ1n) is 8.65. The van der Waals surface area contributed by atoms with Gasteiger partial charge in [-0.25, -0.2) is 0 Å². The van der Waals surface area contributed by atoms with Gasteiger partial charge < -0.3 is 9.47 Å². The lowest BCUT2D eigenvalue weighted by Crippen LogP contribution is -2.16. The fourth-order valence-corrected chi connectivity index (χ4v) is 2.79. The fourth-order valence-electron chi connectivity index (χ4n) is 2.79. The Hall–Kier alpha value is -3.46. The van der Waals surface area contributed by atoms with Gasteiger partial charge in [0.15, 0.2) is 11.5 Å². The average Bonchev–Trinajstić information content (AvgIpc) is 3.10. The van der Waals surface area contributed by atoms with Gasteiger partial charge in [-0.2, -0.15) is 0 Å². The third-order valence-corrected chi connectivity index (χ3v) is 4.10. The molecule has 1 aromatic carbocycles. The third kappa shape index (κ3) is 4.69. The molecule has 0 N–H and O–H groups in total. The number of ether oxygens (including phenoxy) is 2. The standard InChI is InChI=1S/C20H15F3N4O2/c21-20(22,23)29-17-7-4-14(5-8-17)15-6-9-18-25-26-19(27(18)11-15)13-28-12-16-3-1-2-10-24-16/h1-11H,12-13H2. The van der Waals surface area contributed by atoms with Gasteiger partial charge in [0.1, 0.15) is 12.4 Å². The predicted molar refractivity (Wildman–Crippen MR) is 97.8 cm³/mol. The normalized spacial score (nSPS) is 11.7. The topological polar surface area (TPSA) is 61.5 Å². The molecule has 0 radical (unpaired) electrons. The second-order valence-electron chi connectivity index (χ2n) is 6.15. The summed E-state index contributed by atoms with van der Waals surface area (Å²) < 4.78 is 48.3. The Morgan fingerprint density at radius 2 is 1.66 bits per heavy atom. The molecule has 9 heteroatoms. The molecule has 0 saturated carbocycles. The summed E-state index contributed by atoms with van der Waals surface area (Å²) in [5.41, 5.74) is 2.97. The summed E-state index contributed by atoms with van der Waals surface area (Å²) in [4.78, 5) is 4.19. The minimum Gasteiger partial charge on any atom is -0.406 e. The van der Waals surface area contributed by atoms with Gasteiger partial charge in [0.2, 0.25) is 0 Å². The predicted octanol–water partition coefficient (Wildman–Crippen LogP) is 4.41. The Balaban J connectivity index is 1.50. The molecule has 3 heterocycles. The number of aromatic nitrogens is 4. The quantitative estimate of drug-likeness (QED) is 0.480. The molecule has 3 aromatic heterocycles. The lowest BCUT2D eigenvalue weighted by Gasteiger charge is -2.09. The lowest BCUT2D eigenvalue weighted by molar-refractivity contribution is -0.274. The molecule has 0 atom stereocenters. The van der Waals surface area contributed by atoms with Crippen molar-refractivity contribution in [3.8, 4) is 16.9 Å². The van der Waals surface area contributed by atoms with Crippen LogP contribution in [0.2, 0.25) is 0 Å². The Morgan fingerprint density at radius 3 is 2.38 bits per heavy atom. The number of hydrogen-bond donors (Lipinski definition) is 0. The van der Waals surface area contributed by atoms with Crippen molar-refractivity contribution in [3.63, 3.8) is 0 Å². The molecular formula is C20H15F3N4O2. The van der Waals surface area contributed by atoms with Crippen LogP contribution in [0.15, 0.2) is 67.0 Å². The maximum atomic E-state index is 12.3. The van der Waals surface area contributed by atoms with Crippen molar-refractivity contribution < 1.29 is 22.6 Å². The number of alkyl halides is 3. The zero-order valence-electron chi connectivity index (χ0n) is 15.0. The maximum absolute atomic E-state index is 12.3. The zero-order chi connectivity index (χ0) is 20.3. The summed E-state index contributed by atoms with van der Waals surface area (Å²) >= 11 is 0. The molecule has 0 amide bonds. The monoisotopic (exact) mass is 400 g/mol. The summed E-state index contributed by atoms with van der Waals surface area (Å²) in [6, 6.07) is 14.9. The molecule has 0 aliphatic carbocycles. The van der Waals surface area contributed by atoms with E-state index in [0.717, 1.165) is 16.8 Å². The molecule has 0 aliphatic rings. The number of rotatable bonds is 6. The van der Waals surface area contributed by atoms with Crippen molar-refractivity contribution in [2.45, 2.75) is 19.6 Å². The molecule has 0 fully saturated rings. The van der Waals surface area contributed by atoms with E-state index < -0.39 is 6.36 Å². The summed E-state index contributed by atoms with van der Waals surface area (Å²) in [6.07, 6.45) is -1.20. The summed E-state index contributed by atoms with van der Waals surface area (Å²) in [5, 5.41) is 8.24. The molecule has 0 unspecified atom stereocenters. The van der Waals surface area contributed by atoms with Crippen LogP contribution in [0.5, 0.6) is 5.75 Å². The van der Waals surface area contributed by atoms with Gasteiger partial charge in [0.05, 0.1) is 12.3 Å². The first-order valence-corrected chi connectivity index (χ1v) is 8.65. The molecule has 4 rings (SSSR count). The molecule has 4 aromatic rings. The van der Waals surface area contributed by atoms with Crippen LogP contribution < -0.4 is 4.74 Å². The minimum absolute atomic E-state index is 0.236. The second-order valence-corrected chi connectivity index (χ2v) is 6.15. The van der Waals surface area contributed by atoms with E-state index in [0.29, 0.717) is 18.1 Å². The van der Waals surface area contributed by atoms with Crippen LogP contribution in [0.4, 0.5) is 13.2 Å². The highest BCUT2D eigenvalue weighted by Gasteiger charge is 2.30. The van der Waals surface area contributed by atoms with Crippen LogP contribution in [0, 0.1) is 0 Å². The SMILES string of the molecule is FC(F)(F)Oc1ccc(-c2ccc3nnc(COCc4ccccn4)n3c2)cc1. The number of halogens is 3. The zero-order valence-corrected chi connectivity index (χ0v) is 15.0. The fraction of sp³-hybridized carbons (Fsp3) is 0.150. The largest absolute Gasteiger partial charge is 0.573 e. The first kappa shape index (κ1) is 18.9. The van der Waals surface area contributed by atoms with Gasteiger partial charge in [-0.15, -0.1) is 23.4 Å². The molecule has 148 valence electrons. The highest BCUT2D eigenvalue weighted by molar-refractivity contribution is 5.65. The number of benzene rings is 1. The van der Waals surface area contributed by atoms with E-state index in [9.17, 15) is 13.2 Å². The number of hydrogen-bond acceptors (Lipinski definition) is 5. The molecule has 6 nitrogen and oxygen atoms in total. The number of nitrogens with zero attached hydrogens (tertiary/aromatic N) is 4. The van der Waals surface area contributed by atoms with Crippen LogP contribution >= 0.6 is 0 Å². The van der Waals surface area contributed by atoms with Gasteiger partial charge in [-0.1, -0.05) is 18.2 Å². The van der Waals surface area contributed by atoms with Gasteiger partial charge in [0.25, 0.3) is 0 Å². The van der Waals surface area contributed by atoms with Crippen LogP contribution in [-0.4, -0.2) is 25.9 Å². The van der Waals surface area contributed by atoms with E-state index in [4.69, 9.17) is 4.74 Å². The number of pyridine rings is 2. The maximum Gasteiger partial charge on any atom is 0.573 e. The van der Waals surface area contributed by atoms with E-state index in [1.165, 1.54) is 12.1 Å². The Bertz CT molecular complexity index is 1100. The van der Waals surface area contributed by atoms with Crippen LogP contribution in [0.25, 0.3) is 16.8 Å². The van der Waals surface area contributed by atoms with Crippen LogP contribution in [0.3, 0.4) is 0 Å². The summed E-state index contributed by atoms with van der Waals surface area (Å²) in [7, 11) is 0. The lowest BCUT2D eigenvalue weighted by atomic mass is 10.1. The van der Waals surface area contributed by atoms with Crippen molar-refractivity contribution >= 4 is 5.65 Å². The highest BCUT2D eigenvalue weighted by atomic mass is 19.4. The highest BCUT2D eigenvalue weighted by Crippen LogP contribution is 2.27. The molecule has 0 spiro atoms. The average molecular weight is 400 g/mol. The van der Waals surface area contributed by atoms with E-state index in [-0.39, 0.29) is 12.4 Å². The van der Waals surface area contributed by atoms with E-state index in [2.05, 4.69) is 19.9 Å². The van der Waals surface area contributed by atoms with Crippen LogP contribution in [0.1, 0.15) is 11.5 Å². The van der Waals surface area contributed by atoms with Gasteiger partial charge in [-0.3, -0.25) is 9.38 Å². The van der Waals surface area contributed by atoms with Crippen LogP contribution in [-0.2, 0) is 18.0 Å². The van der Waals surface area contributed by atoms with Gasteiger partial charge in [-0.05, 0) is 47.5 Å². The summed E-state index contributed by atoms with van der Waals surface area (Å²) in [6.45, 7) is 0.579. The third-order valence-electron chi connectivity index (χ3n) is 4.10. The van der Waals surface area contributed by atoms with Crippen molar-refractivity contribution in [3.05, 3.63) is 78.5 Å². The van der Waals surface area contributed by atoms with E-state index in [1.807, 2.05) is 30.5 Å². The van der Waals surface area contributed by atoms with Gasteiger partial charge >= 0.3 is 6.36 Å². The van der Waals surface area contributed by atoms with Crippen molar-refractivity contribution in [2.75, 3.05) is 0 Å². The molecule has 0 aliphatic heterocycles. The Morgan fingerprint density at radius 1 is 0.862 bits per heavy atom. The molecule has 0 saturated heterocycles. The van der Waals surface area contributed by atoms with Crippen molar-refractivity contribution in [1.82, 2.24) is 19.6 Å². The molecule has 29 heavy (non-hydrogen) atoms. The van der Waals surface area contributed by atoms with E-state index in [1.54, 1.807) is 28.8 Å². The Labute approximate surface area is 163 Å². The number of fused-ring (bicyclic) bond motifs is 1. The van der Waals surface area contributed by atoms with Crippen molar-refractivity contribution in [1.29, 1.82) is 0 Å². The smallest absolute Gasteiger partial charge is 0.406 e. The van der Waals surface area contributed by atoms with Crippen molar-refractivity contribution in [2.24, 2.45) is 0 Å². The van der Waals surface area contributed by atoms with E-state index >= 15 is 0 Å².